The molecule has 9 aliphatic rings. The molecule has 408 valence electrons. The lowest BCUT2D eigenvalue weighted by Crippen LogP contribution is -2.68. The highest BCUT2D eigenvalue weighted by atomic mass is 16.8. The van der Waals surface area contributed by atoms with Crippen LogP contribution in [0.5, 0.6) is 0 Å². The van der Waals surface area contributed by atoms with Crippen LogP contribution in [0, 0.1) is 46.3 Å². The zero-order chi connectivity index (χ0) is 50.6. The van der Waals surface area contributed by atoms with Crippen LogP contribution in [-0.4, -0.2) is 194 Å². The predicted octanol–water partition coefficient (Wildman–Crippen LogP) is 6.10. The molecular weight excluding hydrogens is 921 g/mol. The average Bonchev–Trinajstić information content (AvgIpc) is 3.81. The molecule has 4 aliphatic carbocycles. The molecule has 0 amide bonds. The molecule has 0 N–H and O–H groups in total. The molecule has 0 radical (unpaired) electrons. The van der Waals surface area contributed by atoms with E-state index in [9.17, 15) is 0 Å². The van der Waals surface area contributed by atoms with Crippen molar-refractivity contribution in [3.63, 3.8) is 0 Å². The summed E-state index contributed by atoms with van der Waals surface area (Å²) in [5.41, 5.74) is 1.84. The number of ether oxygens (including phenoxy) is 17. The minimum atomic E-state index is -0.958. The largest absolute Gasteiger partial charge is 0.382 e. The molecule has 9 rings (SSSR count). The van der Waals surface area contributed by atoms with Crippen LogP contribution in [0.25, 0.3) is 0 Å². The summed E-state index contributed by atoms with van der Waals surface area (Å²) in [6, 6.07) is 0. The quantitative estimate of drug-likeness (QED) is 0.154. The van der Waals surface area contributed by atoms with E-state index in [1.54, 1.807) is 64.0 Å². The van der Waals surface area contributed by atoms with Crippen molar-refractivity contribution in [1.82, 2.24) is 0 Å². The maximum Gasteiger partial charge on any atom is 0.187 e. The van der Waals surface area contributed by atoms with E-state index in [4.69, 9.17) is 80.5 Å². The summed E-state index contributed by atoms with van der Waals surface area (Å²) < 4.78 is 109. The van der Waals surface area contributed by atoms with E-state index in [1.165, 1.54) is 24.8 Å². The zero-order valence-electron chi connectivity index (χ0n) is 45.3. The third kappa shape index (κ3) is 9.69. The molecular formula is C54H90O17. The third-order valence-electron chi connectivity index (χ3n) is 19.7. The van der Waals surface area contributed by atoms with Gasteiger partial charge in [0, 0.05) is 76.3 Å². The Hall–Kier alpha value is -0.940. The summed E-state index contributed by atoms with van der Waals surface area (Å²) in [6.07, 6.45) is 2.03. The molecule has 5 heterocycles. The van der Waals surface area contributed by atoms with Crippen molar-refractivity contribution in [1.29, 1.82) is 0 Å². The molecule has 0 aromatic rings. The highest BCUT2D eigenvalue weighted by molar-refractivity contribution is 5.26. The van der Waals surface area contributed by atoms with Gasteiger partial charge in [-0.25, -0.2) is 0 Å². The van der Waals surface area contributed by atoms with E-state index in [-0.39, 0.29) is 36.3 Å². The molecule has 0 aromatic heterocycles. The number of rotatable bonds is 17. The Bertz CT molecular complexity index is 1770. The van der Waals surface area contributed by atoms with Gasteiger partial charge in [0.25, 0.3) is 0 Å². The van der Waals surface area contributed by atoms with Gasteiger partial charge >= 0.3 is 0 Å². The molecule has 8 fully saturated rings. The van der Waals surface area contributed by atoms with Crippen LogP contribution in [0.3, 0.4) is 0 Å². The van der Waals surface area contributed by atoms with Crippen molar-refractivity contribution in [3.05, 3.63) is 11.6 Å². The first-order valence-electron chi connectivity index (χ1n) is 26.8. The van der Waals surface area contributed by atoms with Crippen LogP contribution in [-0.2, 0) is 80.5 Å². The minimum absolute atomic E-state index is 0.0826. The van der Waals surface area contributed by atoms with Crippen molar-refractivity contribution < 1.29 is 80.5 Å². The lowest BCUT2D eigenvalue weighted by molar-refractivity contribution is -0.394. The third-order valence-corrected chi connectivity index (χ3v) is 19.7. The summed E-state index contributed by atoms with van der Waals surface area (Å²) in [7, 11) is 14.6. The fourth-order valence-electron chi connectivity index (χ4n) is 16.1. The fourth-order valence-corrected chi connectivity index (χ4v) is 16.1. The van der Waals surface area contributed by atoms with E-state index in [2.05, 4.69) is 33.8 Å². The number of fused-ring (bicyclic) bond motifs is 7. The second kappa shape index (κ2) is 22.6. The summed E-state index contributed by atoms with van der Waals surface area (Å²) in [4.78, 5) is 0. The number of hydrogen-bond acceptors (Lipinski definition) is 17. The zero-order valence-corrected chi connectivity index (χ0v) is 45.3. The molecule has 0 aromatic carbocycles. The molecule has 17 nitrogen and oxygen atoms in total. The fraction of sp³-hybridized carbons (Fsp3) is 0.963. The number of allylic oxidation sites excluding steroid dienone is 1. The number of methoxy groups -OCH3 is 9. The van der Waals surface area contributed by atoms with E-state index >= 15 is 0 Å². The predicted molar refractivity (Wildman–Crippen MR) is 257 cm³/mol. The molecule has 17 heteroatoms. The first-order chi connectivity index (χ1) is 34.2. The first kappa shape index (κ1) is 54.8. The van der Waals surface area contributed by atoms with Gasteiger partial charge in [-0.3, -0.25) is 0 Å². The molecule has 71 heavy (non-hydrogen) atoms. The minimum Gasteiger partial charge on any atom is -0.382 e. The Morgan fingerprint density at radius 3 is 1.76 bits per heavy atom. The normalized spacial score (nSPS) is 51.9. The Morgan fingerprint density at radius 1 is 0.577 bits per heavy atom. The van der Waals surface area contributed by atoms with Crippen molar-refractivity contribution in [3.8, 4) is 0 Å². The topological polar surface area (TPSA) is 157 Å². The standard InChI is InChI=1S/C54H90O17/c1-28-17-22-54(64-25-28)29(2)39-36(71-54)24-35-33-16-15-31-23-32(18-20-52(31,4)34(33)19-21-53(35,39)5)66-51-48(70-49-46(62-13)43(59-10)40(57-8)30(3)65-49)45(61-12)42(38(68-51)27-56-7)69-50-47(63-14)44(60-11)41(58-9)37(67-50)26-55-6/h15,28-30,32-51H,16-27H2,1-14H3/t28-,29+,30-,32+,33-,34+,35+,36+,37-,38-,39+,40+,41-,42-,43-,44+,45+,46-,47-,48-,49+,50+,51-,52+,53+,54-/m1/s1. The lowest BCUT2D eigenvalue weighted by atomic mass is 9.47. The van der Waals surface area contributed by atoms with Crippen molar-refractivity contribution in [2.24, 2.45) is 46.3 Å². The number of hydrogen-bond donors (Lipinski definition) is 0. The second-order valence-electron chi connectivity index (χ2n) is 23.1. The van der Waals surface area contributed by atoms with Gasteiger partial charge in [0.1, 0.15) is 67.1 Å². The average molecular weight is 1010 g/mol. The Balaban J connectivity index is 0.968. The maximum absolute atomic E-state index is 7.25. The molecule has 5 saturated heterocycles. The van der Waals surface area contributed by atoms with Crippen LogP contribution in [0.15, 0.2) is 11.6 Å². The van der Waals surface area contributed by atoms with Gasteiger partial charge in [0.05, 0.1) is 38.1 Å². The van der Waals surface area contributed by atoms with Gasteiger partial charge in [-0.2, -0.15) is 0 Å². The van der Waals surface area contributed by atoms with Crippen LogP contribution in [0.4, 0.5) is 0 Å². The molecule has 3 saturated carbocycles. The maximum atomic E-state index is 7.25. The molecule has 1 spiro atoms. The summed E-state index contributed by atoms with van der Waals surface area (Å²) >= 11 is 0. The van der Waals surface area contributed by atoms with Crippen molar-refractivity contribution in [2.75, 3.05) is 83.8 Å². The van der Waals surface area contributed by atoms with Crippen LogP contribution < -0.4 is 0 Å². The first-order valence-corrected chi connectivity index (χ1v) is 26.8. The summed E-state index contributed by atoms with van der Waals surface area (Å²) in [6.45, 7) is 13.0. The van der Waals surface area contributed by atoms with Crippen LogP contribution in [0.2, 0.25) is 0 Å². The van der Waals surface area contributed by atoms with Gasteiger partial charge < -0.3 is 80.5 Å². The summed E-state index contributed by atoms with van der Waals surface area (Å²) in [5, 5.41) is 0. The van der Waals surface area contributed by atoms with E-state index in [0.717, 1.165) is 45.1 Å². The lowest BCUT2D eigenvalue weighted by Gasteiger charge is -2.59. The van der Waals surface area contributed by atoms with Gasteiger partial charge in [-0.1, -0.05) is 39.3 Å². The molecule has 26 atom stereocenters. The molecule has 5 aliphatic heterocycles. The van der Waals surface area contributed by atoms with Gasteiger partial charge in [0.2, 0.25) is 0 Å². The van der Waals surface area contributed by atoms with E-state index in [0.29, 0.717) is 35.5 Å². The van der Waals surface area contributed by atoms with Crippen molar-refractivity contribution in [2.45, 2.75) is 203 Å². The van der Waals surface area contributed by atoms with Crippen LogP contribution >= 0.6 is 0 Å². The van der Waals surface area contributed by atoms with Gasteiger partial charge in [-0.05, 0) is 98.7 Å². The Labute approximate surface area is 423 Å². The highest BCUT2D eigenvalue weighted by Gasteiger charge is 2.69. The van der Waals surface area contributed by atoms with E-state index < -0.39 is 97.9 Å². The van der Waals surface area contributed by atoms with E-state index in [1.807, 2.05) is 6.92 Å². The Morgan fingerprint density at radius 2 is 1.15 bits per heavy atom. The SMILES string of the molecule is COC[C@H]1O[C@@H](O[C@H]2[C@H](OC)[C@@H](O[C@@H]3O[C@H](C)[C@H](OC)[C@@H](OC)[C@H]3OC)[C@H](O[C@H]3CC[C@@]4(C)C(=CC[C@H]5[C@@H]6C[C@@H]7O[C@]8(CC[C@@H](C)CO8)[C@@H](C)[C@@H]7[C@@]6(C)CC[C@@H]54)C3)O[C@@H]2COC)[C@H](OC)[C@@H](OC)[C@@H]1OC. The second-order valence-corrected chi connectivity index (χ2v) is 23.1. The highest BCUT2D eigenvalue weighted by Crippen LogP contribution is 2.71. The monoisotopic (exact) mass is 1010 g/mol. The van der Waals surface area contributed by atoms with Crippen molar-refractivity contribution >= 4 is 0 Å². The molecule has 0 bridgehead atoms. The van der Waals surface area contributed by atoms with Crippen LogP contribution in [0.1, 0.15) is 92.4 Å². The van der Waals surface area contributed by atoms with Gasteiger partial charge in [0.15, 0.2) is 24.7 Å². The smallest absolute Gasteiger partial charge is 0.187 e. The summed E-state index contributed by atoms with van der Waals surface area (Å²) in [5.74, 6) is 3.02. The van der Waals surface area contributed by atoms with Gasteiger partial charge in [-0.15, -0.1) is 0 Å². The Kier molecular flexibility index (Phi) is 17.4. The molecule has 0 unspecified atom stereocenters.